The zero-order chi connectivity index (χ0) is 15.1. The lowest BCUT2D eigenvalue weighted by Gasteiger charge is -2.44. The summed E-state index contributed by atoms with van der Waals surface area (Å²) in [5.74, 6) is 3.17. The second-order valence-corrected chi connectivity index (χ2v) is 6.22. The van der Waals surface area contributed by atoms with Crippen LogP contribution in [0.15, 0.2) is 28.9 Å². The third kappa shape index (κ3) is 2.18. The van der Waals surface area contributed by atoms with Gasteiger partial charge in [0, 0.05) is 23.5 Å². The molecule has 1 aromatic carbocycles. The van der Waals surface area contributed by atoms with Crippen LogP contribution in [0, 0.1) is 18.3 Å². The number of furan rings is 1. The molecule has 22 heavy (non-hydrogen) atoms. The van der Waals surface area contributed by atoms with Gasteiger partial charge in [-0.3, -0.25) is 4.79 Å². The number of hydrogen-bond donors (Lipinski definition) is 1. The topological polar surface area (TPSA) is 45.5 Å². The van der Waals surface area contributed by atoms with Gasteiger partial charge >= 0.3 is 0 Å². The van der Waals surface area contributed by atoms with Crippen molar-refractivity contribution < 1.29 is 9.21 Å². The van der Waals surface area contributed by atoms with Crippen LogP contribution in [-0.2, 0) is 0 Å². The molecule has 3 fully saturated rings. The highest BCUT2D eigenvalue weighted by Gasteiger charge is 2.34. The van der Waals surface area contributed by atoms with E-state index in [9.17, 15) is 4.79 Å². The highest BCUT2D eigenvalue weighted by atomic mass is 16.3. The summed E-state index contributed by atoms with van der Waals surface area (Å²) >= 11 is 0. The van der Waals surface area contributed by atoms with E-state index in [1.165, 1.54) is 25.9 Å². The van der Waals surface area contributed by atoms with Gasteiger partial charge in [0.1, 0.15) is 11.8 Å². The molecule has 1 N–H and O–H groups in total. The lowest BCUT2D eigenvalue weighted by atomic mass is 9.84. The van der Waals surface area contributed by atoms with Crippen molar-refractivity contribution in [2.75, 3.05) is 19.6 Å². The minimum absolute atomic E-state index is 0.0284. The Morgan fingerprint density at radius 3 is 2.86 bits per heavy atom. The average Bonchev–Trinajstić information content (AvgIpc) is 2.98. The molecule has 1 aromatic heterocycles. The zero-order valence-electron chi connectivity index (χ0n) is 12.3. The van der Waals surface area contributed by atoms with Crippen LogP contribution in [0.1, 0.15) is 28.8 Å². The maximum absolute atomic E-state index is 12.5. The van der Waals surface area contributed by atoms with Gasteiger partial charge in [0.25, 0.3) is 5.91 Å². The Bertz CT molecular complexity index is 763. The van der Waals surface area contributed by atoms with E-state index in [1.54, 1.807) is 12.3 Å². The Kier molecular flexibility index (Phi) is 3.16. The Morgan fingerprint density at radius 2 is 2.18 bits per heavy atom. The van der Waals surface area contributed by atoms with Crippen LogP contribution in [0.2, 0.25) is 0 Å². The highest BCUT2D eigenvalue weighted by molar-refractivity contribution is 5.98. The standard InChI is InChI=1S/C18H18N2O2/c1-2-12-11-22-17-9-14(3-4-15(12)17)18(21)19-16-10-20-7-5-13(16)6-8-20/h1,3-4,9,11,13,16H,5-8,10H2,(H,19,21). The lowest BCUT2D eigenvalue weighted by Crippen LogP contribution is -2.57. The molecule has 4 heteroatoms. The molecule has 4 heterocycles. The van der Waals surface area contributed by atoms with Crippen LogP contribution in [0.4, 0.5) is 0 Å². The van der Waals surface area contributed by atoms with Crippen molar-refractivity contribution in [1.29, 1.82) is 0 Å². The number of carbonyl (C=O) groups is 1. The minimum atomic E-state index is -0.0284. The number of benzene rings is 1. The number of piperidine rings is 3. The van der Waals surface area contributed by atoms with Crippen molar-refractivity contribution in [3.05, 3.63) is 35.6 Å². The summed E-state index contributed by atoms with van der Waals surface area (Å²) in [5.41, 5.74) is 2.01. The summed E-state index contributed by atoms with van der Waals surface area (Å²) in [6.45, 7) is 3.31. The summed E-state index contributed by atoms with van der Waals surface area (Å²) in [6, 6.07) is 5.71. The quantitative estimate of drug-likeness (QED) is 0.864. The molecule has 112 valence electrons. The minimum Gasteiger partial charge on any atom is -0.463 e. The van der Waals surface area contributed by atoms with Gasteiger partial charge in [-0.25, -0.2) is 0 Å². The van der Waals surface area contributed by atoms with E-state index < -0.39 is 0 Å². The van der Waals surface area contributed by atoms with Gasteiger partial charge in [-0.2, -0.15) is 0 Å². The zero-order valence-corrected chi connectivity index (χ0v) is 12.3. The number of nitrogens with zero attached hydrogens (tertiary/aromatic N) is 1. The first-order valence-corrected chi connectivity index (χ1v) is 7.75. The van der Waals surface area contributed by atoms with Gasteiger partial charge in [0.2, 0.25) is 0 Å². The van der Waals surface area contributed by atoms with Crippen molar-refractivity contribution in [1.82, 2.24) is 10.2 Å². The molecular weight excluding hydrogens is 276 g/mol. The predicted molar refractivity (Wildman–Crippen MR) is 84.6 cm³/mol. The molecule has 3 aliphatic rings. The molecule has 1 unspecified atom stereocenters. The molecule has 2 bridgehead atoms. The maximum Gasteiger partial charge on any atom is 0.251 e. The third-order valence-corrected chi connectivity index (χ3v) is 4.97. The van der Waals surface area contributed by atoms with Crippen molar-refractivity contribution in [3.63, 3.8) is 0 Å². The maximum atomic E-state index is 12.5. The largest absolute Gasteiger partial charge is 0.463 e. The summed E-state index contributed by atoms with van der Waals surface area (Å²) in [6.07, 6.45) is 9.35. The molecular formula is C18H18N2O2. The van der Waals surface area contributed by atoms with Crippen LogP contribution in [0.3, 0.4) is 0 Å². The summed E-state index contributed by atoms with van der Waals surface area (Å²) in [5, 5.41) is 4.07. The summed E-state index contributed by atoms with van der Waals surface area (Å²) < 4.78 is 5.44. The van der Waals surface area contributed by atoms with Crippen molar-refractivity contribution in [3.8, 4) is 12.3 Å². The van der Waals surface area contributed by atoms with Crippen LogP contribution in [-0.4, -0.2) is 36.5 Å². The Labute approximate surface area is 129 Å². The SMILES string of the molecule is C#Cc1coc2cc(C(=O)NC3CN4CCC3CC4)ccc12. The number of rotatable bonds is 2. The second-order valence-electron chi connectivity index (χ2n) is 6.22. The monoisotopic (exact) mass is 294 g/mol. The summed E-state index contributed by atoms with van der Waals surface area (Å²) in [7, 11) is 0. The van der Waals surface area contributed by atoms with Gasteiger partial charge in [0.05, 0.1) is 5.56 Å². The third-order valence-electron chi connectivity index (χ3n) is 4.97. The van der Waals surface area contributed by atoms with E-state index >= 15 is 0 Å². The van der Waals surface area contributed by atoms with Gasteiger partial charge < -0.3 is 14.6 Å². The van der Waals surface area contributed by atoms with E-state index in [0.29, 0.717) is 17.1 Å². The van der Waals surface area contributed by atoms with E-state index in [4.69, 9.17) is 10.8 Å². The van der Waals surface area contributed by atoms with E-state index in [-0.39, 0.29) is 11.9 Å². The molecule has 5 rings (SSSR count). The lowest BCUT2D eigenvalue weighted by molar-refractivity contribution is 0.0620. The van der Waals surface area contributed by atoms with Crippen LogP contribution < -0.4 is 5.32 Å². The van der Waals surface area contributed by atoms with Gasteiger partial charge in [-0.05, 0) is 50.0 Å². The Balaban J connectivity index is 1.54. The van der Waals surface area contributed by atoms with Crippen LogP contribution >= 0.6 is 0 Å². The first-order chi connectivity index (χ1) is 10.7. The summed E-state index contributed by atoms with van der Waals surface area (Å²) in [4.78, 5) is 14.9. The molecule has 0 aliphatic carbocycles. The molecule has 0 saturated carbocycles. The average molecular weight is 294 g/mol. The van der Waals surface area contributed by atoms with Crippen LogP contribution in [0.5, 0.6) is 0 Å². The van der Waals surface area contributed by atoms with Crippen molar-refractivity contribution in [2.45, 2.75) is 18.9 Å². The fourth-order valence-corrected chi connectivity index (χ4v) is 3.66. The molecule has 3 aliphatic heterocycles. The fraction of sp³-hybridized carbons (Fsp3) is 0.389. The van der Waals surface area contributed by atoms with Gasteiger partial charge in [-0.15, -0.1) is 6.42 Å². The van der Waals surface area contributed by atoms with Crippen molar-refractivity contribution >= 4 is 16.9 Å². The van der Waals surface area contributed by atoms with Gasteiger partial charge in [-0.1, -0.05) is 5.92 Å². The number of terminal acetylenes is 1. The number of amides is 1. The number of nitrogens with one attached hydrogen (secondary N) is 1. The first kappa shape index (κ1) is 13.4. The Morgan fingerprint density at radius 1 is 1.36 bits per heavy atom. The molecule has 2 aromatic rings. The number of carbonyl (C=O) groups excluding carboxylic acids is 1. The molecule has 4 nitrogen and oxygen atoms in total. The molecule has 1 amide bonds. The molecule has 1 atom stereocenters. The van der Waals surface area contributed by atoms with E-state index in [2.05, 4.69) is 16.1 Å². The predicted octanol–water partition coefficient (Wildman–Crippen LogP) is 2.24. The van der Waals surface area contributed by atoms with Crippen molar-refractivity contribution in [2.24, 2.45) is 5.92 Å². The first-order valence-electron chi connectivity index (χ1n) is 7.75. The number of fused-ring (bicyclic) bond motifs is 4. The number of hydrogen-bond acceptors (Lipinski definition) is 3. The normalized spacial score (nSPS) is 26.8. The smallest absolute Gasteiger partial charge is 0.251 e. The Hall–Kier alpha value is -2.25. The second kappa shape index (κ2) is 5.19. The van der Waals surface area contributed by atoms with E-state index in [1.807, 2.05) is 12.1 Å². The van der Waals surface area contributed by atoms with Crippen LogP contribution in [0.25, 0.3) is 11.0 Å². The van der Waals surface area contributed by atoms with E-state index in [0.717, 1.165) is 17.5 Å². The van der Waals surface area contributed by atoms with Gasteiger partial charge in [0.15, 0.2) is 0 Å². The highest BCUT2D eigenvalue weighted by Crippen LogP contribution is 2.28. The fourth-order valence-electron chi connectivity index (χ4n) is 3.66. The molecule has 3 saturated heterocycles. The molecule has 0 spiro atoms. The molecule has 0 radical (unpaired) electrons.